The standard InChI is InChI=1S/C21H18ClN3O8S/c1-3-31-21(28)16-10(2)17(18(23)26)34-20(16)24-19(27)15-7-5-12(33-15)9-32-14-6-4-11(25(29)30)8-13(14)22/h4-8H,3,9H2,1-2H3,(H2,23,26)(H,24,27). The molecule has 11 nitrogen and oxygen atoms in total. The van der Waals surface area contributed by atoms with E-state index in [-0.39, 0.29) is 56.6 Å². The summed E-state index contributed by atoms with van der Waals surface area (Å²) in [6, 6.07) is 6.64. The summed E-state index contributed by atoms with van der Waals surface area (Å²) in [4.78, 5) is 47.0. The monoisotopic (exact) mass is 507 g/mol. The van der Waals surface area contributed by atoms with Crippen LogP contribution in [0.2, 0.25) is 5.02 Å². The van der Waals surface area contributed by atoms with E-state index >= 15 is 0 Å². The molecule has 2 heterocycles. The molecule has 3 N–H and O–H groups in total. The van der Waals surface area contributed by atoms with Crippen LogP contribution in [0.4, 0.5) is 10.7 Å². The summed E-state index contributed by atoms with van der Waals surface area (Å²) >= 11 is 6.85. The van der Waals surface area contributed by atoms with Crippen molar-refractivity contribution in [2.75, 3.05) is 11.9 Å². The SMILES string of the molecule is CCOC(=O)c1c(NC(=O)c2ccc(COc3ccc([N+](=O)[O-])cc3Cl)o2)sc(C(N)=O)c1C. The van der Waals surface area contributed by atoms with Crippen LogP contribution in [-0.4, -0.2) is 29.3 Å². The Labute approximate surface area is 201 Å². The molecule has 0 spiro atoms. The maximum absolute atomic E-state index is 12.7. The second-order valence-electron chi connectivity index (χ2n) is 6.73. The second kappa shape index (κ2) is 10.4. The number of ether oxygens (including phenoxy) is 2. The first-order valence-electron chi connectivity index (χ1n) is 9.69. The van der Waals surface area contributed by atoms with Crippen LogP contribution in [0.5, 0.6) is 5.75 Å². The van der Waals surface area contributed by atoms with Crippen LogP contribution in [0.15, 0.2) is 34.7 Å². The lowest BCUT2D eigenvalue weighted by molar-refractivity contribution is -0.384. The number of primary amides is 1. The number of furan rings is 1. The molecule has 0 aliphatic rings. The number of nitrogens with one attached hydrogen (secondary N) is 1. The summed E-state index contributed by atoms with van der Waals surface area (Å²) in [5, 5.41) is 13.5. The molecule has 0 bridgehead atoms. The number of anilines is 1. The van der Waals surface area contributed by atoms with Gasteiger partial charge >= 0.3 is 5.97 Å². The molecule has 0 aliphatic carbocycles. The van der Waals surface area contributed by atoms with E-state index in [0.29, 0.717) is 5.56 Å². The number of hydrogen-bond donors (Lipinski definition) is 2. The van der Waals surface area contributed by atoms with Gasteiger partial charge in [0.1, 0.15) is 23.1 Å². The summed E-state index contributed by atoms with van der Waals surface area (Å²) in [6.45, 7) is 3.16. The molecular formula is C21H18ClN3O8S. The fraction of sp³-hybridized carbons (Fsp3) is 0.190. The zero-order valence-electron chi connectivity index (χ0n) is 17.9. The lowest BCUT2D eigenvalue weighted by atomic mass is 10.1. The number of esters is 1. The molecule has 2 aromatic heterocycles. The van der Waals surface area contributed by atoms with Crippen molar-refractivity contribution in [1.82, 2.24) is 0 Å². The number of nitrogens with zero attached hydrogens (tertiary/aromatic N) is 1. The first kappa shape index (κ1) is 24.7. The molecule has 178 valence electrons. The van der Waals surface area contributed by atoms with Gasteiger partial charge in [-0.05, 0) is 37.6 Å². The molecule has 0 aliphatic heterocycles. The number of nitro groups is 1. The van der Waals surface area contributed by atoms with Crippen molar-refractivity contribution in [3.05, 3.63) is 73.0 Å². The van der Waals surface area contributed by atoms with Crippen LogP contribution in [0.1, 0.15) is 48.8 Å². The number of nitrogens with two attached hydrogens (primary N) is 1. The van der Waals surface area contributed by atoms with Crippen molar-refractivity contribution in [1.29, 1.82) is 0 Å². The zero-order valence-corrected chi connectivity index (χ0v) is 19.5. The van der Waals surface area contributed by atoms with Crippen molar-refractivity contribution in [3.63, 3.8) is 0 Å². The van der Waals surface area contributed by atoms with Gasteiger partial charge in [-0.25, -0.2) is 4.79 Å². The van der Waals surface area contributed by atoms with Crippen molar-refractivity contribution in [2.45, 2.75) is 20.5 Å². The predicted octanol–water partition coefficient (Wildman–Crippen LogP) is 4.32. The first-order chi connectivity index (χ1) is 16.1. The van der Waals surface area contributed by atoms with Crippen LogP contribution in [0, 0.1) is 17.0 Å². The molecule has 3 aromatic rings. The number of hydrogen-bond acceptors (Lipinski definition) is 9. The minimum absolute atomic E-state index is 0.0388. The molecule has 0 fully saturated rings. The highest BCUT2D eigenvalue weighted by molar-refractivity contribution is 7.18. The van der Waals surface area contributed by atoms with E-state index < -0.39 is 22.7 Å². The van der Waals surface area contributed by atoms with Crippen LogP contribution in [0.3, 0.4) is 0 Å². The summed E-state index contributed by atoms with van der Waals surface area (Å²) in [5.74, 6) is -1.74. The van der Waals surface area contributed by atoms with Crippen LogP contribution >= 0.6 is 22.9 Å². The Morgan fingerprint density at radius 1 is 1.26 bits per heavy atom. The molecule has 1 aromatic carbocycles. The Bertz CT molecular complexity index is 1280. The fourth-order valence-electron chi connectivity index (χ4n) is 2.90. The number of amides is 2. The quantitative estimate of drug-likeness (QED) is 0.245. The highest BCUT2D eigenvalue weighted by Gasteiger charge is 2.26. The van der Waals surface area contributed by atoms with E-state index in [9.17, 15) is 24.5 Å². The molecule has 2 amide bonds. The average molecular weight is 508 g/mol. The average Bonchev–Trinajstić information content (AvgIpc) is 3.37. The Morgan fingerprint density at radius 3 is 2.62 bits per heavy atom. The third kappa shape index (κ3) is 5.35. The molecule has 34 heavy (non-hydrogen) atoms. The van der Waals surface area contributed by atoms with Gasteiger partial charge in [-0.3, -0.25) is 19.7 Å². The van der Waals surface area contributed by atoms with Crippen LogP contribution < -0.4 is 15.8 Å². The molecule has 0 radical (unpaired) electrons. The van der Waals surface area contributed by atoms with Crippen molar-refractivity contribution in [3.8, 4) is 5.75 Å². The topological polar surface area (TPSA) is 164 Å². The van der Waals surface area contributed by atoms with Crippen LogP contribution in [-0.2, 0) is 11.3 Å². The van der Waals surface area contributed by atoms with Gasteiger partial charge in [0.05, 0.1) is 27.0 Å². The Balaban J connectivity index is 1.74. The van der Waals surface area contributed by atoms with E-state index in [2.05, 4.69) is 5.32 Å². The summed E-state index contributed by atoms with van der Waals surface area (Å²) in [5.41, 5.74) is 5.53. The largest absolute Gasteiger partial charge is 0.484 e. The number of carbonyl (C=O) groups excluding carboxylic acids is 3. The van der Waals surface area contributed by atoms with E-state index in [4.69, 9.17) is 31.2 Å². The number of thiophene rings is 1. The van der Waals surface area contributed by atoms with Gasteiger partial charge in [0, 0.05) is 12.1 Å². The van der Waals surface area contributed by atoms with Gasteiger partial charge in [-0.15, -0.1) is 11.3 Å². The summed E-state index contributed by atoms with van der Waals surface area (Å²) in [6.07, 6.45) is 0. The number of carbonyl (C=O) groups is 3. The maximum Gasteiger partial charge on any atom is 0.341 e. The Hall–Kier alpha value is -3.90. The second-order valence-corrected chi connectivity index (χ2v) is 8.15. The van der Waals surface area contributed by atoms with Crippen molar-refractivity contribution in [2.24, 2.45) is 5.73 Å². The smallest absolute Gasteiger partial charge is 0.341 e. The van der Waals surface area contributed by atoms with Crippen LogP contribution in [0.25, 0.3) is 0 Å². The summed E-state index contributed by atoms with van der Waals surface area (Å²) in [7, 11) is 0. The number of benzene rings is 1. The highest BCUT2D eigenvalue weighted by atomic mass is 35.5. The van der Waals surface area contributed by atoms with Crippen molar-refractivity contribution < 1.29 is 33.2 Å². The molecule has 0 saturated carbocycles. The van der Waals surface area contributed by atoms with Gasteiger partial charge in [0.2, 0.25) is 0 Å². The van der Waals surface area contributed by atoms with E-state index in [1.54, 1.807) is 6.92 Å². The Morgan fingerprint density at radius 2 is 2.00 bits per heavy atom. The van der Waals surface area contributed by atoms with E-state index in [1.165, 1.54) is 31.2 Å². The minimum atomic E-state index is -0.740. The van der Waals surface area contributed by atoms with E-state index in [0.717, 1.165) is 17.4 Å². The molecular weight excluding hydrogens is 490 g/mol. The van der Waals surface area contributed by atoms with Gasteiger partial charge < -0.3 is 24.9 Å². The van der Waals surface area contributed by atoms with Gasteiger partial charge in [-0.2, -0.15) is 0 Å². The van der Waals surface area contributed by atoms with Gasteiger partial charge in [0.15, 0.2) is 5.76 Å². The molecule has 3 rings (SSSR count). The normalized spacial score (nSPS) is 10.6. The molecule has 0 saturated heterocycles. The van der Waals surface area contributed by atoms with Gasteiger partial charge in [-0.1, -0.05) is 11.6 Å². The zero-order chi connectivity index (χ0) is 25.0. The number of halogens is 1. The summed E-state index contributed by atoms with van der Waals surface area (Å²) < 4.78 is 16.0. The third-order valence-corrected chi connectivity index (χ3v) is 5.98. The molecule has 0 atom stereocenters. The van der Waals surface area contributed by atoms with E-state index in [1.807, 2.05) is 0 Å². The maximum atomic E-state index is 12.7. The minimum Gasteiger partial charge on any atom is -0.484 e. The first-order valence-corrected chi connectivity index (χ1v) is 10.9. The van der Waals surface area contributed by atoms with Gasteiger partial charge in [0.25, 0.3) is 17.5 Å². The lowest BCUT2D eigenvalue weighted by Crippen LogP contribution is -2.14. The lowest BCUT2D eigenvalue weighted by Gasteiger charge is -2.07. The predicted molar refractivity (Wildman–Crippen MR) is 123 cm³/mol. The highest BCUT2D eigenvalue weighted by Crippen LogP contribution is 2.34. The number of non-ortho nitro benzene ring substituents is 1. The number of nitro benzene ring substituents is 1. The fourth-order valence-corrected chi connectivity index (χ4v) is 4.17. The number of rotatable bonds is 9. The Kier molecular flexibility index (Phi) is 7.54. The molecule has 13 heteroatoms. The molecule has 0 unspecified atom stereocenters. The van der Waals surface area contributed by atoms with Crippen molar-refractivity contribution >= 4 is 51.4 Å². The third-order valence-electron chi connectivity index (χ3n) is 4.46.